The van der Waals surface area contributed by atoms with Gasteiger partial charge >= 0.3 is 5.97 Å². The Morgan fingerprint density at radius 2 is 2.07 bits per heavy atom. The summed E-state index contributed by atoms with van der Waals surface area (Å²) in [6.45, 7) is 8.41. The molecule has 15 heavy (non-hydrogen) atoms. The Morgan fingerprint density at radius 1 is 1.47 bits per heavy atom. The molecule has 0 N–H and O–H groups in total. The highest BCUT2D eigenvalue weighted by Gasteiger charge is 2.20. The molecule has 1 unspecified atom stereocenters. The Kier molecular flexibility index (Phi) is 6.72. The molecule has 1 atom stereocenters. The van der Waals surface area contributed by atoms with Crippen LogP contribution in [-0.4, -0.2) is 36.1 Å². The van der Waals surface area contributed by atoms with Crippen molar-refractivity contribution in [2.75, 3.05) is 13.2 Å². The standard InChI is InChI=1S/C11H20N2O2/c1-5-15-11(14)8-13(9(2)3)10(4)6-7-12/h9-10H,5-6,8H2,1-4H3. The summed E-state index contributed by atoms with van der Waals surface area (Å²) in [5.41, 5.74) is 0. The van der Waals surface area contributed by atoms with Crippen LogP contribution in [0, 0.1) is 11.3 Å². The molecule has 0 bridgehead atoms. The third kappa shape index (κ3) is 5.38. The average molecular weight is 212 g/mol. The van der Waals surface area contributed by atoms with Gasteiger partial charge in [-0.05, 0) is 27.7 Å². The molecule has 86 valence electrons. The fraction of sp³-hybridized carbons (Fsp3) is 0.818. The normalized spacial score (nSPS) is 12.6. The Morgan fingerprint density at radius 3 is 2.47 bits per heavy atom. The zero-order valence-corrected chi connectivity index (χ0v) is 9.99. The van der Waals surface area contributed by atoms with Crippen LogP contribution in [-0.2, 0) is 9.53 Å². The fourth-order valence-corrected chi connectivity index (χ4v) is 1.45. The van der Waals surface area contributed by atoms with Crippen LogP contribution in [0.25, 0.3) is 0 Å². The third-order valence-corrected chi connectivity index (χ3v) is 2.23. The number of hydrogen-bond donors (Lipinski definition) is 0. The lowest BCUT2D eigenvalue weighted by molar-refractivity contribution is -0.145. The number of hydrogen-bond acceptors (Lipinski definition) is 4. The van der Waals surface area contributed by atoms with E-state index in [1.54, 1.807) is 6.92 Å². The van der Waals surface area contributed by atoms with Crippen LogP contribution in [0.5, 0.6) is 0 Å². The van der Waals surface area contributed by atoms with E-state index in [2.05, 4.69) is 6.07 Å². The van der Waals surface area contributed by atoms with Crippen molar-refractivity contribution in [3.05, 3.63) is 0 Å². The van der Waals surface area contributed by atoms with Gasteiger partial charge in [-0.15, -0.1) is 0 Å². The second-order valence-corrected chi connectivity index (χ2v) is 3.78. The van der Waals surface area contributed by atoms with E-state index in [4.69, 9.17) is 10.00 Å². The minimum atomic E-state index is -0.226. The molecule has 0 rings (SSSR count). The minimum Gasteiger partial charge on any atom is -0.465 e. The van der Waals surface area contributed by atoms with E-state index in [9.17, 15) is 4.79 Å². The minimum absolute atomic E-state index is 0.0828. The van der Waals surface area contributed by atoms with Crippen LogP contribution in [0.3, 0.4) is 0 Å². The van der Waals surface area contributed by atoms with Gasteiger partial charge in [-0.2, -0.15) is 5.26 Å². The van der Waals surface area contributed by atoms with Crippen molar-refractivity contribution >= 4 is 5.97 Å². The lowest BCUT2D eigenvalue weighted by Crippen LogP contribution is -2.42. The Labute approximate surface area is 91.8 Å². The van der Waals surface area contributed by atoms with E-state index < -0.39 is 0 Å². The molecule has 0 aromatic rings. The highest BCUT2D eigenvalue weighted by atomic mass is 16.5. The summed E-state index contributed by atoms with van der Waals surface area (Å²) < 4.78 is 4.89. The molecule has 0 fully saturated rings. The monoisotopic (exact) mass is 212 g/mol. The van der Waals surface area contributed by atoms with Crippen LogP contribution in [0.15, 0.2) is 0 Å². The quantitative estimate of drug-likeness (QED) is 0.627. The van der Waals surface area contributed by atoms with Gasteiger partial charge in [-0.3, -0.25) is 9.69 Å². The summed E-state index contributed by atoms with van der Waals surface area (Å²) in [7, 11) is 0. The first-order chi connectivity index (χ1) is 7.02. The molecule has 0 aliphatic rings. The number of nitrogens with zero attached hydrogens (tertiary/aromatic N) is 2. The number of esters is 1. The molecular weight excluding hydrogens is 192 g/mol. The molecule has 0 heterocycles. The molecule has 0 aliphatic heterocycles. The first kappa shape index (κ1) is 13.9. The van der Waals surface area contributed by atoms with Crippen LogP contribution in [0.2, 0.25) is 0 Å². The second-order valence-electron chi connectivity index (χ2n) is 3.78. The van der Waals surface area contributed by atoms with Gasteiger partial charge in [0.25, 0.3) is 0 Å². The van der Waals surface area contributed by atoms with Crippen molar-refractivity contribution in [3.63, 3.8) is 0 Å². The van der Waals surface area contributed by atoms with E-state index in [1.165, 1.54) is 0 Å². The second kappa shape index (κ2) is 7.24. The number of ether oxygens (including phenoxy) is 1. The molecule has 0 aromatic carbocycles. The first-order valence-corrected chi connectivity index (χ1v) is 5.31. The highest BCUT2D eigenvalue weighted by Crippen LogP contribution is 2.08. The molecule has 0 aromatic heterocycles. The Balaban J connectivity index is 4.28. The van der Waals surface area contributed by atoms with Gasteiger partial charge < -0.3 is 4.74 Å². The van der Waals surface area contributed by atoms with Crippen molar-refractivity contribution in [1.29, 1.82) is 5.26 Å². The SMILES string of the molecule is CCOC(=O)CN(C(C)C)C(C)CC#N. The maximum Gasteiger partial charge on any atom is 0.320 e. The van der Waals surface area contributed by atoms with Gasteiger partial charge in [0.1, 0.15) is 0 Å². The summed E-state index contributed by atoms with van der Waals surface area (Å²) >= 11 is 0. The molecular formula is C11H20N2O2. The number of carbonyl (C=O) groups is 1. The summed E-state index contributed by atoms with van der Waals surface area (Å²) in [6.07, 6.45) is 0.428. The molecule has 0 radical (unpaired) electrons. The van der Waals surface area contributed by atoms with Crippen LogP contribution in [0.4, 0.5) is 0 Å². The van der Waals surface area contributed by atoms with Crippen molar-refractivity contribution in [1.82, 2.24) is 4.90 Å². The number of carbonyl (C=O) groups excluding carboxylic acids is 1. The van der Waals surface area contributed by atoms with Crippen molar-refractivity contribution in [2.45, 2.75) is 46.2 Å². The maximum atomic E-state index is 11.3. The summed E-state index contributed by atoms with van der Waals surface area (Å²) in [4.78, 5) is 13.3. The van der Waals surface area contributed by atoms with Crippen LogP contribution >= 0.6 is 0 Å². The van der Waals surface area contributed by atoms with E-state index in [-0.39, 0.29) is 24.6 Å². The molecule has 4 heteroatoms. The van der Waals surface area contributed by atoms with E-state index in [0.29, 0.717) is 13.0 Å². The maximum absolute atomic E-state index is 11.3. The Hall–Kier alpha value is -1.08. The van der Waals surface area contributed by atoms with Gasteiger partial charge in [-0.25, -0.2) is 0 Å². The number of nitriles is 1. The van der Waals surface area contributed by atoms with Gasteiger partial charge in [0.05, 0.1) is 25.6 Å². The molecule has 0 spiro atoms. The van der Waals surface area contributed by atoms with Gasteiger partial charge in [0.2, 0.25) is 0 Å². The molecule has 0 saturated heterocycles. The number of rotatable bonds is 6. The van der Waals surface area contributed by atoms with Crippen LogP contribution in [0.1, 0.15) is 34.1 Å². The predicted molar refractivity (Wildman–Crippen MR) is 58.2 cm³/mol. The first-order valence-electron chi connectivity index (χ1n) is 5.31. The predicted octanol–water partition coefficient (Wildman–Crippen LogP) is 1.56. The Bertz CT molecular complexity index is 233. The average Bonchev–Trinajstić information content (AvgIpc) is 2.14. The lowest BCUT2D eigenvalue weighted by atomic mass is 10.1. The molecule has 4 nitrogen and oxygen atoms in total. The van der Waals surface area contributed by atoms with E-state index in [1.807, 2.05) is 25.7 Å². The fourth-order valence-electron chi connectivity index (χ4n) is 1.45. The smallest absolute Gasteiger partial charge is 0.320 e. The van der Waals surface area contributed by atoms with Crippen molar-refractivity contribution in [3.8, 4) is 6.07 Å². The largest absolute Gasteiger partial charge is 0.465 e. The highest BCUT2D eigenvalue weighted by molar-refractivity contribution is 5.71. The van der Waals surface area contributed by atoms with Gasteiger partial charge in [0.15, 0.2) is 0 Å². The summed E-state index contributed by atoms with van der Waals surface area (Å²) in [5.74, 6) is -0.226. The van der Waals surface area contributed by atoms with E-state index >= 15 is 0 Å². The summed E-state index contributed by atoms with van der Waals surface area (Å²) in [5, 5.41) is 8.61. The molecule has 0 amide bonds. The summed E-state index contributed by atoms with van der Waals surface area (Å²) in [6, 6.07) is 2.43. The lowest BCUT2D eigenvalue weighted by Gasteiger charge is -2.30. The van der Waals surface area contributed by atoms with Gasteiger partial charge in [-0.1, -0.05) is 0 Å². The topological polar surface area (TPSA) is 53.3 Å². The van der Waals surface area contributed by atoms with Crippen molar-refractivity contribution in [2.24, 2.45) is 0 Å². The zero-order valence-electron chi connectivity index (χ0n) is 9.99. The van der Waals surface area contributed by atoms with Gasteiger partial charge in [0, 0.05) is 12.1 Å². The molecule has 0 saturated carbocycles. The van der Waals surface area contributed by atoms with E-state index in [0.717, 1.165) is 0 Å². The zero-order chi connectivity index (χ0) is 11.8. The van der Waals surface area contributed by atoms with Crippen molar-refractivity contribution < 1.29 is 9.53 Å². The van der Waals surface area contributed by atoms with Crippen LogP contribution < -0.4 is 0 Å². The third-order valence-electron chi connectivity index (χ3n) is 2.23. The molecule has 0 aliphatic carbocycles.